The maximum atomic E-state index is 13.4. The predicted molar refractivity (Wildman–Crippen MR) is 89.4 cm³/mol. The van der Waals surface area contributed by atoms with E-state index >= 15 is 0 Å². The van der Waals surface area contributed by atoms with Crippen molar-refractivity contribution < 1.29 is 13.9 Å². The lowest BCUT2D eigenvalue weighted by Crippen LogP contribution is -2.36. The average Bonchev–Trinajstić information content (AvgIpc) is 3.01. The van der Waals surface area contributed by atoms with Gasteiger partial charge in [-0.1, -0.05) is 6.42 Å². The molecular weight excluding hydrogens is 293 g/mol. The third kappa shape index (κ3) is 4.67. The molecule has 1 aromatic carbocycles. The Balaban J connectivity index is 1.45. The van der Waals surface area contributed by atoms with Gasteiger partial charge in [0.1, 0.15) is 11.6 Å². The highest BCUT2D eigenvalue weighted by molar-refractivity contribution is 5.34. The molecule has 0 spiro atoms. The number of ether oxygens (including phenoxy) is 2. The third-order valence-electron chi connectivity index (χ3n) is 5.13. The Labute approximate surface area is 138 Å². The van der Waals surface area contributed by atoms with Gasteiger partial charge in [-0.3, -0.25) is 0 Å². The van der Waals surface area contributed by atoms with Crippen molar-refractivity contribution in [1.29, 1.82) is 0 Å². The van der Waals surface area contributed by atoms with E-state index in [-0.39, 0.29) is 5.82 Å². The van der Waals surface area contributed by atoms with E-state index in [0.717, 1.165) is 50.0 Å². The second-order valence-electron chi connectivity index (χ2n) is 6.83. The fraction of sp³-hybridized carbons (Fsp3) is 0.684. The van der Waals surface area contributed by atoms with Crippen molar-refractivity contribution in [3.05, 3.63) is 29.6 Å². The molecule has 0 radical (unpaired) electrons. The molecule has 0 aromatic heterocycles. The van der Waals surface area contributed by atoms with Crippen molar-refractivity contribution in [2.75, 3.05) is 13.7 Å². The number of rotatable bonds is 6. The molecule has 2 heterocycles. The number of halogens is 1. The number of hydrogen-bond acceptors (Lipinski definition) is 3. The van der Waals surface area contributed by atoms with Gasteiger partial charge in [-0.25, -0.2) is 4.39 Å². The zero-order valence-corrected chi connectivity index (χ0v) is 14.0. The minimum atomic E-state index is -0.200. The van der Waals surface area contributed by atoms with Crippen LogP contribution in [0.3, 0.4) is 0 Å². The summed E-state index contributed by atoms with van der Waals surface area (Å²) < 4.78 is 24.9. The Hall–Kier alpha value is -1.13. The van der Waals surface area contributed by atoms with Gasteiger partial charge in [0.2, 0.25) is 0 Å². The van der Waals surface area contributed by atoms with Crippen LogP contribution < -0.4 is 10.1 Å². The molecule has 0 aliphatic carbocycles. The zero-order chi connectivity index (χ0) is 16.1. The van der Waals surface area contributed by atoms with Crippen LogP contribution in [0.15, 0.2) is 18.2 Å². The van der Waals surface area contributed by atoms with Crippen LogP contribution in [0, 0.1) is 5.82 Å². The van der Waals surface area contributed by atoms with Crippen LogP contribution >= 0.6 is 0 Å². The van der Waals surface area contributed by atoms with Crippen LogP contribution in [0.2, 0.25) is 0 Å². The van der Waals surface area contributed by atoms with Crippen molar-refractivity contribution >= 4 is 0 Å². The molecule has 3 atom stereocenters. The highest BCUT2D eigenvalue weighted by Crippen LogP contribution is 2.29. The Kier molecular flexibility index (Phi) is 5.90. The monoisotopic (exact) mass is 321 g/mol. The SMILES string of the molecule is COc1ccc(F)cc1CC[C@@H]1CC[C@@H](CC2CCCCN2)O1. The number of hydrogen-bond donors (Lipinski definition) is 1. The molecule has 3 nitrogen and oxygen atoms in total. The number of methoxy groups -OCH3 is 1. The number of piperidine rings is 1. The first-order valence-electron chi connectivity index (χ1n) is 8.96. The van der Waals surface area contributed by atoms with Crippen molar-refractivity contribution in [3.63, 3.8) is 0 Å². The van der Waals surface area contributed by atoms with Gasteiger partial charge in [-0.05, 0) is 75.3 Å². The van der Waals surface area contributed by atoms with E-state index in [1.165, 1.54) is 25.3 Å². The largest absolute Gasteiger partial charge is 0.496 e. The van der Waals surface area contributed by atoms with E-state index in [4.69, 9.17) is 9.47 Å². The first-order valence-corrected chi connectivity index (χ1v) is 8.96. The van der Waals surface area contributed by atoms with E-state index < -0.39 is 0 Å². The zero-order valence-electron chi connectivity index (χ0n) is 14.0. The number of nitrogens with one attached hydrogen (secondary N) is 1. The molecule has 128 valence electrons. The van der Waals surface area contributed by atoms with Crippen molar-refractivity contribution in [3.8, 4) is 5.75 Å². The standard InChI is InChI=1S/C19H28FNO2/c1-22-19-10-6-15(20)12-14(19)5-7-17-8-9-18(23-17)13-16-4-2-3-11-21-16/h6,10,12,16-18,21H,2-5,7-9,11,13H2,1H3/t16?,17-,18+/m1/s1. The van der Waals surface area contributed by atoms with Gasteiger partial charge in [0.05, 0.1) is 19.3 Å². The summed E-state index contributed by atoms with van der Waals surface area (Å²) in [5.41, 5.74) is 0.938. The van der Waals surface area contributed by atoms with E-state index in [9.17, 15) is 4.39 Å². The number of aryl methyl sites for hydroxylation is 1. The summed E-state index contributed by atoms with van der Waals surface area (Å²) in [7, 11) is 1.63. The molecule has 1 unspecified atom stereocenters. The average molecular weight is 321 g/mol. The molecule has 2 saturated heterocycles. The Morgan fingerprint density at radius 3 is 2.87 bits per heavy atom. The normalized spacial score (nSPS) is 28.0. The smallest absolute Gasteiger partial charge is 0.123 e. The van der Waals surface area contributed by atoms with Gasteiger partial charge in [0.25, 0.3) is 0 Å². The minimum Gasteiger partial charge on any atom is -0.496 e. The second-order valence-corrected chi connectivity index (χ2v) is 6.83. The molecule has 3 rings (SSSR count). The molecule has 23 heavy (non-hydrogen) atoms. The molecule has 4 heteroatoms. The van der Waals surface area contributed by atoms with Crippen LogP contribution in [0.25, 0.3) is 0 Å². The van der Waals surface area contributed by atoms with Gasteiger partial charge < -0.3 is 14.8 Å². The number of benzene rings is 1. The van der Waals surface area contributed by atoms with Gasteiger partial charge in [0, 0.05) is 6.04 Å². The van der Waals surface area contributed by atoms with Crippen LogP contribution in [-0.4, -0.2) is 31.9 Å². The highest BCUT2D eigenvalue weighted by Gasteiger charge is 2.28. The van der Waals surface area contributed by atoms with Crippen molar-refractivity contribution in [1.82, 2.24) is 5.32 Å². The van der Waals surface area contributed by atoms with Gasteiger partial charge in [-0.15, -0.1) is 0 Å². The summed E-state index contributed by atoms with van der Waals surface area (Å²) in [5.74, 6) is 0.571. The lowest BCUT2D eigenvalue weighted by atomic mass is 9.98. The maximum Gasteiger partial charge on any atom is 0.123 e. The van der Waals surface area contributed by atoms with Crippen LogP contribution in [-0.2, 0) is 11.2 Å². The van der Waals surface area contributed by atoms with Crippen molar-refractivity contribution in [2.24, 2.45) is 0 Å². The summed E-state index contributed by atoms with van der Waals surface area (Å²) in [6.07, 6.45) is 9.78. The fourth-order valence-electron chi connectivity index (χ4n) is 3.87. The molecule has 0 amide bonds. The van der Waals surface area contributed by atoms with Gasteiger partial charge in [0.15, 0.2) is 0 Å². The van der Waals surface area contributed by atoms with Crippen molar-refractivity contribution in [2.45, 2.75) is 69.6 Å². The molecular formula is C19H28FNO2. The van der Waals surface area contributed by atoms with E-state index in [1.807, 2.05) is 0 Å². The summed E-state index contributed by atoms with van der Waals surface area (Å²) in [5, 5.41) is 3.60. The first-order chi connectivity index (χ1) is 11.2. The van der Waals surface area contributed by atoms with Crippen LogP contribution in [0.4, 0.5) is 4.39 Å². The summed E-state index contributed by atoms with van der Waals surface area (Å²) >= 11 is 0. The fourth-order valence-corrected chi connectivity index (χ4v) is 3.87. The molecule has 0 saturated carbocycles. The van der Waals surface area contributed by atoms with E-state index in [1.54, 1.807) is 19.2 Å². The molecule has 1 N–H and O–H groups in total. The van der Waals surface area contributed by atoms with Gasteiger partial charge in [-0.2, -0.15) is 0 Å². The lowest BCUT2D eigenvalue weighted by Gasteiger charge is -2.26. The Morgan fingerprint density at radius 2 is 2.09 bits per heavy atom. The predicted octanol–water partition coefficient (Wildman–Crippen LogP) is 3.85. The molecule has 2 aliphatic rings. The van der Waals surface area contributed by atoms with Crippen LogP contribution in [0.1, 0.15) is 50.5 Å². The van der Waals surface area contributed by atoms with E-state index in [2.05, 4.69) is 5.32 Å². The van der Waals surface area contributed by atoms with Gasteiger partial charge >= 0.3 is 0 Å². The maximum absolute atomic E-state index is 13.4. The molecule has 1 aromatic rings. The minimum absolute atomic E-state index is 0.200. The van der Waals surface area contributed by atoms with E-state index in [0.29, 0.717) is 18.2 Å². The lowest BCUT2D eigenvalue weighted by molar-refractivity contribution is 0.0291. The Morgan fingerprint density at radius 1 is 1.22 bits per heavy atom. The molecule has 2 fully saturated rings. The quantitative estimate of drug-likeness (QED) is 0.863. The summed E-state index contributed by atoms with van der Waals surface area (Å²) in [6.45, 7) is 1.15. The highest BCUT2D eigenvalue weighted by atomic mass is 19.1. The first kappa shape index (κ1) is 16.7. The topological polar surface area (TPSA) is 30.5 Å². The second kappa shape index (κ2) is 8.11. The summed E-state index contributed by atoms with van der Waals surface area (Å²) in [4.78, 5) is 0. The molecule has 2 aliphatic heterocycles. The molecule has 0 bridgehead atoms. The Bertz CT molecular complexity index is 502. The van der Waals surface area contributed by atoms with Crippen LogP contribution in [0.5, 0.6) is 5.75 Å². The third-order valence-corrected chi connectivity index (χ3v) is 5.13. The summed E-state index contributed by atoms with van der Waals surface area (Å²) in [6, 6.07) is 5.37.